The molecular formula is C17H29NO. The second-order valence-electron chi connectivity index (χ2n) is 5.56. The molecule has 0 aliphatic rings. The molecule has 1 aromatic carbocycles. The minimum Gasteiger partial charge on any atom is -0.388 e. The van der Waals surface area contributed by atoms with Crippen LogP contribution in [0.25, 0.3) is 0 Å². The smallest absolute Gasteiger partial charge is 0.0790 e. The maximum atomic E-state index is 10.1. The van der Waals surface area contributed by atoms with Crippen molar-refractivity contribution in [3.8, 4) is 0 Å². The molecule has 1 rings (SSSR count). The zero-order valence-electron chi connectivity index (χ0n) is 12.7. The lowest BCUT2D eigenvalue weighted by atomic mass is 10.0. The van der Waals surface area contributed by atoms with Crippen molar-refractivity contribution in [2.45, 2.75) is 58.0 Å². The predicted molar refractivity (Wildman–Crippen MR) is 83.7 cm³/mol. The number of benzene rings is 1. The Bertz CT molecular complexity index is 332. The summed E-state index contributed by atoms with van der Waals surface area (Å²) in [6.07, 6.45) is 8.22. The van der Waals surface area contributed by atoms with Gasteiger partial charge in [0.05, 0.1) is 6.10 Å². The van der Waals surface area contributed by atoms with E-state index in [4.69, 9.17) is 0 Å². The van der Waals surface area contributed by atoms with E-state index >= 15 is 0 Å². The first-order valence-electron chi connectivity index (χ1n) is 7.60. The first-order valence-corrected chi connectivity index (χ1v) is 7.60. The van der Waals surface area contributed by atoms with E-state index in [-0.39, 0.29) is 6.10 Å². The topological polar surface area (TPSA) is 23.5 Å². The number of unbranched alkanes of at least 4 members (excludes halogenated alkanes) is 5. The normalized spacial score (nSPS) is 12.4. The first-order chi connectivity index (χ1) is 9.15. The van der Waals surface area contributed by atoms with Crippen molar-refractivity contribution in [3.63, 3.8) is 0 Å². The van der Waals surface area contributed by atoms with Gasteiger partial charge in [0.25, 0.3) is 0 Å². The first kappa shape index (κ1) is 16.0. The van der Waals surface area contributed by atoms with Gasteiger partial charge in [0, 0.05) is 19.8 Å². The quantitative estimate of drug-likeness (QED) is 0.661. The van der Waals surface area contributed by atoms with E-state index in [2.05, 4.69) is 24.0 Å². The Morgan fingerprint density at radius 1 is 0.947 bits per heavy atom. The summed E-state index contributed by atoms with van der Waals surface area (Å²) in [5.41, 5.74) is 2.22. The number of hydrogen-bond acceptors (Lipinski definition) is 2. The molecule has 0 aliphatic carbocycles. The van der Waals surface area contributed by atoms with Crippen LogP contribution in [0.4, 0.5) is 5.69 Å². The summed E-state index contributed by atoms with van der Waals surface area (Å²) >= 11 is 0. The maximum Gasteiger partial charge on any atom is 0.0790 e. The van der Waals surface area contributed by atoms with Crippen LogP contribution in [0.1, 0.15) is 63.5 Å². The highest BCUT2D eigenvalue weighted by Crippen LogP contribution is 2.22. The van der Waals surface area contributed by atoms with Gasteiger partial charge >= 0.3 is 0 Å². The Kier molecular flexibility index (Phi) is 7.57. The number of anilines is 1. The summed E-state index contributed by atoms with van der Waals surface area (Å²) in [6.45, 7) is 2.24. The molecule has 1 unspecified atom stereocenters. The third-order valence-corrected chi connectivity index (χ3v) is 3.63. The molecule has 2 nitrogen and oxygen atoms in total. The largest absolute Gasteiger partial charge is 0.388 e. The molecule has 0 fully saturated rings. The van der Waals surface area contributed by atoms with Crippen LogP contribution in [-0.4, -0.2) is 19.2 Å². The molecule has 0 saturated heterocycles. The second-order valence-corrected chi connectivity index (χ2v) is 5.56. The highest BCUT2D eigenvalue weighted by molar-refractivity contribution is 5.46. The zero-order valence-corrected chi connectivity index (χ0v) is 12.7. The highest BCUT2D eigenvalue weighted by atomic mass is 16.3. The number of hydrogen-bond donors (Lipinski definition) is 1. The average Bonchev–Trinajstić information content (AvgIpc) is 2.42. The average molecular weight is 263 g/mol. The van der Waals surface area contributed by atoms with Crippen molar-refractivity contribution in [1.82, 2.24) is 0 Å². The van der Waals surface area contributed by atoms with E-state index < -0.39 is 0 Å². The van der Waals surface area contributed by atoms with Gasteiger partial charge in [-0.05, 0) is 24.1 Å². The fourth-order valence-electron chi connectivity index (χ4n) is 2.28. The highest BCUT2D eigenvalue weighted by Gasteiger charge is 2.07. The van der Waals surface area contributed by atoms with Crippen molar-refractivity contribution < 1.29 is 5.11 Å². The monoisotopic (exact) mass is 263 g/mol. The molecule has 1 N–H and O–H groups in total. The van der Waals surface area contributed by atoms with Crippen molar-refractivity contribution in [2.75, 3.05) is 19.0 Å². The number of nitrogens with zero attached hydrogens (tertiary/aromatic N) is 1. The van der Waals surface area contributed by atoms with Gasteiger partial charge in [-0.15, -0.1) is 0 Å². The molecule has 0 spiro atoms. The lowest BCUT2D eigenvalue weighted by molar-refractivity contribution is 0.163. The zero-order chi connectivity index (χ0) is 14.1. The summed E-state index contributed by atoms with van der Waals surface area (Å²) in [4.78, 5) is 2.07. The number of aliphatic hydroxyl groups excluding tert-OH is 1. The Morgan fingerprint density at radius 3 is 2.11 bits per heavy atom. The van der Waals surface area contributed by atoms with E-state index in [1.165, 1.54) is 37.8 Å². The molecule has 0 radical (unpaired) electrons. The molecule has 0 aliphatic heterocycles. The van der Waals surface area contributed by atoms with Crippen LogP contribution in [0.5, 0.6) is 0 Å². The van der Waals surface area contributed by atoms with E-state index in [0.29, 0.717) is 0 Å². The number of rotatable bonds is 9. The Labute approximate surface area is 118 Å². The summed E-state index contributed by atoms with van der Waals surface area (Å²) in [5.74, 6) is 0. The van der Waals surface area contributed by atoms with Gasteiger partial charge in [0.2, 0.25) is 0 Å². The lowest BCUT2D eigenvalue weighted by Crippen LogP contribution is -2.08. The van der Waals surface area contributed by atoms with Gasteiger partial charge in [0.15, 0.2) is 0 Å². The fourth-order valence-corrected chi connectivity index (χ4v) is 2.28. The van der Waals surface area contributed by atoms with Gasteiger partial charge in [-0.1, -0.05) is 57.6 Å². The maximum absolute atomic E-state index is 10.1. The summed E-state index contributed by atoms with van der Waals surface area (Å²) in [7, 11) is 4.06. The van der Waals surface area contributed by atoms with Gasteiger partial charge in [-0.25, -0.2) is 0 Å². The molecule has 2 heteroatoms. The Morgan fingerprint density at radius 2 is 1.53 bits per heavy atom. The van der Waals surface area contributed by atoms with Gasteiger partial charge in [-0.2, -0.15) is 0 Å². The minimum absolute atomic E-state index is 0.303. The van der Waals surface area contributed by atoms with E-state index in [1.807, 2.05) is 26.2 Å². The molecule has 0 heterocycles. The lowest BCUT2D eigenvalue weighted by Gasteiger charge is -2.15. The molecule has 0 saturated carbocycles. The molecule has 0 bridgehead atoms. The summed E-state index contributed by atoms with van der Waals surface area (Å²) in [6, 6.07) is 8.22. The third-order valence-electron chi connectivity index (χ3n) is 3.63. The van der Waals surface area contributed by atoms with Crippen LogP contribution < -0.4 is 4.90 Å². The van der Waals surface area contributed by atoms with Crippen molar-refractivity contribution in [2.24, 2.45) is 0 Å². The fraction of sp³-hybridized carbons (Fsp3) is 0.647. The van der Waals surface area contributed by atoms with Crippen molar-refractivity contribution in [1.29, 1.82) is 0 Å². The molecule has 0 amide bonds. The molecular weight excluding hydrogens is 234 g/mol. The Balaban J connectivity index is 2.27. The summed E-state index contributed by atoms with van der Waals surface area (Å²) in [5, 5.41) is 10.1. The van der Waals surface area contributed by atoms with Crippen molar-refractivity contribution in [3.05, 3.63) is 29.8 Å². The van der Waals surface area contributed by atoms with Gasteiger partial charge in [-0.3, -0.25) is 0 Å². The van der Waals surface area contributed by atoms with Gasteiger partial charge in [0.1, 0.15) is 0 Å². The molecule has 1 aromatic rings. The molecule has 1 atom stereocenters. The third kappa shape index (κ3) is 6.11. The van der Waals surface area contributed by atoms with Crippen LogP contribution in [0, 0.1) is 0 Å². The van der Waals surface area contributed by atoms with Gasteiger partial charge < -0.3 is 10.0 Å². The van der Waals surface area contributed by atoms with Crippen LogP contribution >= 0.6 is 0 Å². The van der Waals surface area contributed by atoms with Crippen LogP contribution in [0.3, 0.4) is 0 Å². The molecule has 0 aromatic heterocycles. The molecule has 19 heavy (non-hydrogen) atoms. The standard InChI is InChI=1S/C17H29NO/c1-4-5-6-7-8-9-10-17(19)15-11-13-16(14-12-15)18(2)3/h11-14,17,19H,4-10H2,1-3H3. The van der Waals surface area contributed by atoms with Crippen LogP contribution in [0.2, 0.25) is 0 Å². The number of aliphatic hydroxyl groups is 1. The Hall–Kier alpha value is -1.02. The van der Waals surface area contributed by atoms with E-state index in [9.17, 15) is 5.11 Å². The molecule has 108 valence electrons. The van der Waals surface area contributed by atoms with Crippen LogP contribution in [0.15, 0.2) is 24.3 Å². The minimum atomic E-state index is -0.303. The predicted octanol–water partition coefficient (Wildman–Crippen LogP) is 4.54. The van der Waals surface area contributed by atoms with Crippen molar-refractivity contribution >= 4 is 5.69 Å². The van der Waals surface area contributed by atoms with E-state index in [0.717, 1.165) is 18.4 Å². The SMILES string of the molecule is CCCCCCCCC(O)c1ccc(N(C)C)cc1. The van der Waals surface area contributed by atoms with Crippen LogP contribution in [-0.2, 0) is 0 Å². The summed E-state index contributed by atoms with van der Waals surface area (Å²) < 4.78 is 0. The second kappa shape index (κ2) is 8.98. The van der Waals surface area contributed by atoms with E-state index in [1.54, 1.807) is 0 Å².